The lowest BCUT2D eigenvalue weighted by molar-refractivity contribution is -0.148. The maximum atomic E-state index is 12.1. The summed E-state index contributed by atoms with van der Waals surface area (Å²) in [5.41, 5.74) is 0.613. The van der Waals surface area contributed by atoms with Crippen molar-refractivity contribution < 1.29 is 14.6 Å². The standard InChI is InChI=1S/C18H20N2O3/c21-16(22)18(12-17(23-13-18)8-4-5-9-17)20-11-15(10-19-20)14-6-2-1-3-7-14/h1-3,6-7,10-11H,4-5,8-9,12-13H2,(H,21,22). The molecule has 120 valence electrons. The fourth-order valence-corrected chi connectivity index (χ4v) is 3.97. The Kier molecular flexibility index (Phi) is 3.27. The number of nitrogens with zero attached hydrogens (tertiary/aromatic N) is 2. The molecule has 1 unspecified atom stereocenters. The van der Waals surface area contributed by atoms with Gasteiger partial charge in [-0.15, -0.1) is 0 Å². The molecule has 5 heteroatoms. The van der Waals surface area contributed by atoms with Crippen LogP contribution in [0.4, 0.5) is 0 Å². The Morgan fingerprint density at radius 1 is 1.17 bits per heavy atom. The molecule has 0 radical (unpaired) electrons. The van der Waals surface area contributed by atoms with Crippen LogP contribution in [0.3, 0.4) is 0 Å². The van der Waals surface area contributed by atoms with Crippen molar-refractivity contribution >= 4 is 5.97 Å². The molecule has 0 bridgehead atoms. The highest BCUT2D eigenvalue weighted by Gasteiger charge is 2.56. The quantitative estimate of drug-likeness (QED) is 0.946. The molecule has 1 aromatic carbocycles. The number of hydrogen-bond acceptors (Lipinski definition) is 3. The van der Waals surface area contributed by atoms with Crippen molar-refractivity contribution in [1.29, 1.82) is 0 Å². The molecule has 2 aromatic rings. The molecule has 2 fully saturated rings. The van der Waals surface area contributed by atoms with Gasteiger partial charge in [-0.2, -0.15) is 5.10 Å². The fraction of sp³-hybridized carbons (Fsp3) is 0.444. The van der Waals surface area contributed by atoms with E-state index in [0.717, 1.165) is 36.8 Å². The Morgan fingerprint density at radius 3 is 2.61 bits per heavy atom. The van der Waals surface area contributed by atoms with Gasteiger partial charge in [-0.1, -0.05) is 43.2 Å². The summed E-state index contributed by atoms with van der Waals surface area (Å²) in [6, 6.07) is 9.88. The zero-order valence-electron chi connectivity index (χ0n) is 12.9. The number of carboxylic acid groups (broad SMARTS) is 1. The largest absolute Gasteiger partial charge is 0.479 e. The molecule has 2 heterocycles. The van der Waals surface area contributed by atoms with Crippen LogP contribution in [0.25, 0.3) is 11.1 Å². The molecule has 1 saturated carbocycles. The van der Waals surface area contributed by atoms with Crippen LogP contribution < -0.4 is 0 Å². The highest BCUT2D eigenvalue weighted by Crippen LogP contribution is 2.47. The molecular weight excluding hydrogens is 292 g/mol. The van der Waals surface area contributed by atoms with Crippen LogP contribution in [0, 0.1) is 0 Å². The van der Waals surface area contributed by atoms with Gasteiger partial charge in [0, 0.05) is 18.2 Å². The van der Waals surface area contributed by atoms with Crippen molar-refractivity contribution in [2.75, 3.05) is 6.61 Å². The number of ether oxygens (including phenoxy) is 1. The SMILES string of the molecule is O=C(O)C1(n2cc(-c3ccccc3)cn2)COC2(CCCC2)C1. The maximum absolute atomic E-state index is 12.1. The van der Waals surface area contributed by atoms with Crippen LogP contribution in [0.2, 0.25) is 0 Å². The van der Waals surface area contributed by atoms with Crippen LogP contribution in [-0.4, -0.2) is 33.1 Å². The van der Waals surface area contributed by atoms with Crippen molar-refractivity contribution in [2.24, 2.45) is 0 Å². The van der Waals surface area contributed by atoms with Gasteiger partial charge in [-0.25, -0.2) is 4.79 Å². The summed E-state index contributed by atoms with van der Waals surface area (Å²) in [7, 11) is 0. The Balaban J connectivity index is 1.70. The fourth-order valence-electron chi connectivity index (χ4n) is 3.97. The van der Waals surface area contributed by atoms with E-state index in [1.165, 1.54) is 0 Å². The summed E-state index contributed by atoms with van der Waals surface area (Å²) < 4.78 is 7.61. The molecule has 0 amide bonds. The summed E-state index contributed by atoms with van der Waals surface area (Å²) in [5, 5.41) is 14.3. The smallest absolute Gasteiger partial charge is 0.334 e. The maximum Gasteiger partial charge on any atom is 0.334 e. The summed E-state index contributed by atoms with van der Waals surface area (Å²) >= 11 is 0. The molecule has 1 saturated heterocycles. The van der Waals surface area contributed by atoms with Gasteiger partial charge in [0.1, 0.15) is 0 Å². The number of rotatable bonds is 3. The summed E-state index contributed by atoms with van der Waals surface area (Å²) in [6.07, 6.45) is 8.21. The van der Waals surface area contributed by atoms with Gasteiger partial charge in [-0.3, -0.25) is 4.68 Å². The molecule has 4 rings (SSSR count). The minimum atomic E-state index is -1.09. The van der Waals surface area contributed by atoms with E-state index in [-0.39, 0.29) is 12.2 Å². The minimum absolute atomic E-state index is 0.193. The molecule has 1 aliphatic carbocycles. The van der Waals surface area contributed by atoms with Crippen molar-refractivity contribution in [3.63, 3.8) is 0 Å². The van der Waals surface area contributed by atoms with E-state index in [1.54, 1.807) is 10.9 Å². The van der Waals surface area contributed by atoms with E-state index < -0.39 is 11.5 Å². The van der Waals surface area contributed by atoms with Crippen LogP contribution in [0.1, 0.15) is 32.1 Å². The second-order valence-electron chi connectivity index (χ2n) is 6.73. The highest BCUT2D eigenvalue weighted by molar-refractivity contribution is 5.78. The first-order valence-electron chi connectivity index (χ1n) is 8.12. The molecule has 23 heavy (non-hydrogen) atoms. The Hall–Kier alpha value is -2.14. The molecule has 2 aliphatic rings. The van der Waals surface area contributed by atoms with E-state index in [1.807, 2.05) is 36.5 Å². The summed E-state index contributed by atoms with van der Waals surface area (Å²) in [4.78, 5) is 12.1. The highest BCUT2D eigenvalue weighted by atomic mass is 16.5. The number of aromatic nitrogens is 2. The number of carbonyl (C=O) groups is 1. The van der Waals surface area contributed by atoms with Crippen molar-refractivity contribution in [3.8, 4) is 11.1 Å². The Morgan fingerprint density at radius 2 is 1.91 bits per heavy atom. The van der Waals surface area contributed by atoms with E-state index in [2.05, 4.69) is 5.10 Å². The first-order chi connectivity index (χ1) is 11.1. The van der Waals surface area contributed by atoms with Gasteiger partial charge in [-0.05, 0) is 18.4 Å². The average Bonchev–Trinajstić information content (AvgIpc) is 3.30. The van der Waals surface area contributed by atoms with Crippen molar-refractivity contribution in [1.82, 2.24) is 9.78 Å². The van der Waals surface area contributed by atoms with E-state index in [9.17, 15) is 9.90 Å². The number of benzene rings is 1. The van der Waals surface area contributed by atoms with Crippen molar-refractivity contribution in [2.45, 2.75) is 43.2 Å². The molecule has 1 aromatic heterocycles. The molecule has 1 spiro atoms. The monoisotopic (exact) mass is 312 g/mol. The van der Waals surface area contributed by atoms with Gasteiger partial charge in [0.05, 0.1) is 18.4 Å². The lowest BCUT2D eigenvalue weighted by Gasteiger charge is -2.26. The average molecular weight is 312 g/mol. The zero-order valence-corrected chi connectivity index (χ0v) is 12.9. The lowest BCUT2D eigenvalue weighted by Crippen LogP contribution is -2.44. The third-order valence-corrected chi connectivity index (χ3v) is 5.27. The Bertz CT molecular complexity index is 719. The molecule has 1 aliphatic heterocycles. The van der Waals surface area contributed by atoms with Crippen LogP contribution in [0.15, 0.2) is 42.7 Å². The third kappa shape index (κ3) is 2.27. The molecular formula is C18H20N2O3. The zero-order chi connectivity index (χ0) is 15.9. The van der Waals surface area contributed by atoms with Gasteiger partial charge in [0.2, 0.25) is 0 Å². The van der Waals surface area contributed by atoms with E-state index >= 15 is 0 Å². The van der Waals surface area contributed by atoms with Gasteiger partial charge in [0.25, 0.3) is 0 Å². The summed E-state index contributed by atoms with van der Waals surface area (Å²) in [6.45, 7) is 0.193. The number of aliphatic carboxylic acids is 1. The first-order valence-corrected chi connectivity index (χ1v) is 8.12. The second kappa shape index (κ2) is 5.20. The van der Waals surface area contributed by atoms with Crippen molar-refractivity contribution in [3.05, 3.63) is 42.7 Å². The molecule has 5 nitrogen and oxygen atoms in total. The second-order valence-corrected chi connectivity index (χ2v) is 6.73. The Labute approximate surface area is 134 Å². The normalized spacial score (nSPS) is 25.9. The van der Waals surface area contributed by atoms with E-state index in [4.69, 9.17) is 4.74 Å². The lowest BCUT2D eigenvalue weighted by atomic mass is 9.87. The molecule has 1 atom stereocenters. The summed E-state index contributed by atoms with van der Waals surface area (Å²) in [5.74, 6) is -0.857. The van der Waals surface area contributed by atoms with Gasteiger partial charge < -0.3 is 9.84 Å². The van der Waals surface area contributed by atoms with Gasteiger partial charge in [0.15, 0.2) is 5.54 Å². The minimum Gasteiger partial charge on any atom is -0.479 e. The number of carboxylic acids is 1. The van der Waals surface area contributed by atoms with Crippen LogP contribution in [-0.2, 0) is 15.1 Å². The van der Waals surface area contributed by atoms with E-state index in [0.29, 0.717) is 6.42 Å². The molecule has 1 N–H and O–H groups in total. The first kappa shape index (κ1) is 14.5. The van der Waals surface area contributed by atoms with Gasteiger partial charge >= 0.3 is 5.97 Å². The topological polar surface area (TPSA) is 64.3 Å². The number of hydrogen-bond donors (Lipinski definition) is 1. The van der Waals surface area contributed by atoms with Crippen LogP contribution in [0.5, 0.6) is 0 Å². The third-order valence-electron chi connectivity index (χ3n) is 5.27. The predicted molar refractivity (Wildman–Crippen MR) is 85.0 cm³/mol. The van der Waals surface area contributed by atoms with Crippen LogP contribution >= 0.6 is 0 Å². The predicted octanol–water partition coefficient (Wildman–Crippen LogP) is 3.06.